The van der Waals surface area contributed by atoms with Gasteiger partial charge in [0.2, 0.25) is 0 Å². The highest BCUT2D eigenvalue weighted by Gasteiger charge is 2.21. The first-order valence-corrected chi connectivity index (χ1v) is 5.17. The highest BCUT2D eigenvalue weighted by Crippen LogP contribution is 2.22. The second kappa shape index (κ2) is 4.00. The van der Waals surface area contributed by atoms with Crippen molar-refractivity contribution in [3.8, 4) is 5.75 Å². The smallest absolute Gasteiger partial charge is 0.161 e. The normalized spacial score (nSPS) is 15.9. The molecular weight excluding hydrogens is 178 g/mol. The van der Waals surface area contributed by atoms with Crippen LogP contribution in [0.4, 0.5) is 0 Å². The number of ether oxygens (including phenoxy) is 1. The summed E-state index contributed by atoms with van der Waals surface area (Å²) in [6.45, 7) is 3.85. The molecule has 0 radical (unpaired) electrons. The van der Waals surface area contributed by atoms with Gasteiger partial charge in [0.1, 0.15) is 0 Å². The Labute approximate surface area is 84.3 Å². The van der Waals surface area contributed by atoms with Crippen molar-refractivity contribution < 1.29 is 4.74 Å². The maximum absolute atomic E-state index is 5.26. The lowest BCUT2D eigenvalue weighted by atomic mass is 10.4. The minimum Gasteiger partial charge on any atom is -0.493 e. The summed E-state index contributed by atoms with van der Waals surface area (Å²) < 4.78 is 7.24. The van der Waals surface area contributed by atoms with Gasteiger partial charge in [-0.15, -0.1) is 0 Å². The molecule has 0 aliphatic heterocycles. The van der Waals surface area contributed by atoms with Gasteiger partial charge in [0.05, 0.1) is 19.0 Å². The minimum absolute atomic E-state index is 0.722. The molecule has 1 N–H and O–H groups in total. The van der Waals surface area contributed by atoms with Crippen LogP contribution in [-0.4, -0.2) is 22.9 Å². The molecule has 1 saturated carbocycles. The predicted octanol–water partition coefficient (Wildman–Crippen LogP) is 1.16. The summed E-state index contributed by atoms with van der Waals surface area (Å²) >= 11 is 0. The Hall–Kier alpha value is -1.03. The predicted molar refractivity (Wildman–Crippen MR) is 54.3 cm³/mol. The lowest BCUT2D eigenvalue weighted by Crippen LogP contribution is -2.18. The Bertz CT molecular complexity index is 283. The maximum Gasteiger partial charge on any atom is 0.161 e. The molecule has 1 heterocycles. The average Bonchev–Trinajstić information content (AvgIpc) is 2.95. The van der Waals surface area contributed by atoms with Gasteiger partial charge in [0, 0.05) is 19.1 Å². The summed E-state index contributed by atoms with van der Waals surface area (Å²) in [5, 5.41) is 7.72. The van der Waals surface area contributed by atoms with Crippen LogP contribution in [-0.2, 0) is 13.1 Å². The van der Waals surface area contributed by atoms with E-state index >= 15 is 0 Å². The Morgan fingerprint density at radius 3 is 3.00 bits per heavy atom. The number of hydrogen-bond donors (Lipinski definition) is 1. The van der Waals surface area contributed by atoms with E-state index in [4.69, 9.17) is 4.74 Å². The Kier molecular flexibility index (Phi) is 2.72. The quantitative estimate of drug-likeness (QED) is 0.766. The largest absolute Gasteiger partial charge is 0.493 e. The molecule has 0 unspecified atom stereocenters. The molecular formula is C10H17N3O. The van der Waals surface area contributed by atoms with Crippen molar-refractivity contribution in [1.29, 1.82) is 0 Å². The first-order valence-electron chi connectivity index (χ1n) is 5.17. The van der Waals surface area contributed by atoms with Gasteiger partial charge in [-0.25, -0.2) is 0 Å². The summed E-state index contributed by atoms with van der Waals surface area (Å²) in [4.78, 5) is 0. The number of hydrogen-bond acceptors (Lipinski definition) is 3. The van der Waals surface area contributed by atoms with Gasteiger partial charge in [0.25, 0.3) is 0 Å². The van der Waals surface area contributed by atoms with Gasteiger partial charge in [0.15, 0.2) is 5.75 Å². The van der Waals surface area contributed by atoms with Crippen LogP contribution in [0.25, 0.3) is 0 Å². The molecule has 0 bridgehead atoms. The topological polar surface area (TPSA) is 39.1 Å². The van der Waals surface area contributed by atoms with Crippen LogP contribution in [0.2, 0.25) is 0 Å². The molecule has 14 heavy (non-hydrogen) atoms. The highest BCUT2D eigenvalue weighted by molar-refractivity contribution is 5.25. The molecule has 1 aromatic heterocycles. The average molecular weight is 195 g/mol. The van der Waals surface area contributed by atoms with E-state index in [0.717, 1.165) is 30.6 Å². The van der Waals surface area contributed by atoms with Gasteiger partial charge < -0.3 is 10.1 Å². The third-order valence-corrected chi connectivity index (χ3v) is 2.57. The zero-order valence-corrected chi connectivity index (χ0v) is 8.79. The number of rotatable bonds is 5. The summed E-state index contributed by atoms with van der Waals surface area (Å²) in [5.74, 6) is 0.889. The monoisotopic (exact) mass is 195 g/mol. The highest BCUT2D eigenvalue weighted by atomic mass is 16.5. The molecule has 1 aliphatic rings. The lowest BCUT2D eigenvalue weighted by molar-refractivity contribution is 0.404. The van der Waals surface area contributed by atoms with E-state index in [-0.39, 0.29) is 0 Å². The fourth-order valence-corrected chi connectivity index (χ4v) is 1.54. The molecule has 0 spiro atoms. The van der Waals surface area contributed by atoms with Crippen molar-refractivity contribution >= 4 is 0 Å². The summed E-state index contributed by atoms with van der Waals surface area (Å²) in [5.41, 5.74) is 1.15. The van der Waals surface area contributed by atoms with E-state index in [2.05, 4.69) is 17.3 Å². The standard InChI is InChI=1S/C10H17N3O/c1-3-13-9(6-11-8-4-5-8)10(14-2)7-12-13/h7-8,11H,3-6H2,1-2H3. The van der Waals surface area contributed by atoms with E-state index in [9.17, 15) is 0 Å². The van der Waals surface area contributed by atoms with Crippen molar-refractivity contribution in [1.82, 2.24) is 15.1 Å². The molecule has 0 saturated heterocycles. The molecule has 0 aromatic carbocycles. The van der Waals surface area contributed by atoms with Crippen molar-refractivity contribution in [2.24, 2.45) is 0 Å². The third-order valence-electron chi connectivity index (χ3n) is 2.57. The van der Waals surface area contributed by atoms with Gasteiger partial charge in [-0.1, -0.05) is 0 Å². The fourth-order valence-electron chi connectivity index (χ4n) is 1.54. The molecule has 1 aromatic rings. The van der Waals surface area contributed by atoms with E-state index in [0.29, 0.717) is 0 Å². The van der Waals surface area contributed by atoms with Crippen LogP contribution in [0, 0.1) is 0 Å². The summed E-state index contributed by atoms with van der Waals surface area (Å²) in [6.07, 6.45) is 4.40. The van der Waals surface area contributed by atoms with Gasteiger partial charge >= 0.3 is 0 Å². The molecule has 1 fully saturated rings. The molecule has 2 rings (SSSR count). The number of aryl methyl sites for hydroxylation is 1. The molecule has 0 amide bonds. The van der Waals surface area contributed by atoms with Gasteiger partial charge in [-0.3, -0.25) is 4.68 Å². The van der Waals surface area contributed by atoms with E-state index in [1.54, 1.807) is 13.3 Å². The van der Waals surface area contributed by atoms with Crippen LogP contribution in [0.15, 0.2) is 6.20 Å². The summed E-state index contributed by atoms with van der Waals surface area (Å²) in [6, 6.07) is 0.722. The zero-order valence-electron chi connectivity index (χ0n) is 8.79. The Balaban J connectivity index is 2.05. The van der Waals surface area contributed by atoms with E-state index in [1.807, 2.05) is 4.68 Å². The van der Waals surface area contributed by atoms with Gasteiger partial charge in [-0.05, 0) is 19.8 Å². The first-order chi connectivity index (χ1) is 6.85. The van der Waals surface area contributed by atoms with Crippen LogP contribution in [0.3, 0.4) is 0 Å². The second-order valence-corrected chi connectivity index (χ2v) is 3.63. The molecule has 1 aliphatic carbocycles. The van der Waals surface area contributed by atoms with Crippen molar-refractivity contribution in [2.45, 2.75) is 38.9 Å². The van der Waals surface area contributed by atoms with Crippen LogP contribution in [0.1, 0.15) is 25.5 Å². The maximum atomic E-state index is 5.26. The minimum atomic E-state index is 0.722. The third kappa shape index (κ3) is 1.90. The van der Waals surface area contributed by atoms with Crippen molar-refractivity contribution in [3.63, 3.8) is 0 Å². The van der Waals surface area contributed by atoms with Crippen molar-refractivity contribution in [2.75, 3.05) is 7.11 Å². The molecule has 78 valence electrons. The number of aromatic nitrogens is 2. The molecule has 4 heteroatoms. The number of nitrogens with one attached hydrogen (secondary N) is 1. The second-order valence-electron chi connectivity index (χ2n) is 3.63. The SMILES string of the molecule is CCn1ncc(OC)c1CNC1CC1. The lowest BCUT2D eigenvalue weighted by Gasteiger charge is -2.07. The Morgan fingerprint density at radius 2 is 2.43 bits per heavy atom. The Morgan fingerprint density at radius 1 is 1.64 bits per heavy atom. The summed E-state index contributed by atoms with van der Waals surface area (Å²) in [7, 11) is 1.69. The molecule has 0 atom stereocenters. The van der Waals surface area contributed by atoms with Crippen LogP contribution in [0.5, 0.6) is 5.75 Å². The van der Waals surface area contributed by atoms with Gasteiger partial charge in [-0.2, -0.15) is 5.10 Å². The first kappa shape index (κ1) is 9.52. The van der Waals surface area contributed by atoms with Crippen LogP contribution >= 0.6 is 0 Å². The zero-order chi connectivity index (χ0) is 9.97. The van der Waals surface area contributed by atoms with E-state index < -0.39 is 0 Å². The van der Waals surface area contributed by atoms with Crippen molar-refractivity contribution in [3.05, 3.63) is 11.9 Å². The van der Waals surface area contributed by atoms with Crippen LogP contribution < -0.4 is 10.1 Å². The molecule has 4 nitrogen and oxygen atoms in total. The fraction of sp³-hybridized carbons (Fsp3) is 0.700. The number of methoxy groups -OCH3 is 1. The number of nitrogens with zero attached hydrogens (tertiary/aromatic N) is 2. The van der Waals surface area contributed by atoms with E-state index in [1.165, 1.54) is 12.8 Å².